The topological polar surface area (TPSA) is 91.4 Å². The summed E-state index contributed by atoms with van der Waals surface area (Å²) in [4.78, 5) is 44.1. The molecule has 1 aliphatic heterocycles. The summed E-state index contributed by atoms with van der Waals surface area (Å²) in [5, 5.41) is 5.89. The highest BCUT2D eigenvalue weighted by Gasteiger charge is 2.32. The first-order valence-electron chi connectivity index (χ1n) is 11.2. The Hall–Kier alpha value is -3.22. The van der Waals surface area contributed by atoms with Crippen LogP contribution in [0.1, 0.15) is 50.3 Å². The summed E-state index contributed by atoms with van der Waals surface area (Å²) in [7, 11) is 0. The first-order valence-corrected chi connectivity index (χ1v) is 11.2. The van der Waals surface area contributed by atoms with Gasteiger partial charge in [0.05, 0.1) is 0 Å². The van der Waals surface area contributed by atoms with Crippen molar-refractivity contribution in [2.45, 2.75) is 45.7 Å². The van der Waals surface area contributed by atoms with Crippen molar-refractivity contribution in [1.82, 2.24) is 20.5 Å². The van der Waals surface area contributed by atoms with E-state index in [1.165, 1.54) is 0 Å². The van der Waals surface area contributed by atoms with Crippen LogP contribution in [0.15, 0.2) is 54.9 Å². The molecule has 1 fully saturated rings. The van der Waals surface area contributed by atoms with E-state index >= 15 is 0 Å². The van der Waals surface area contributed by atoms with Crippen LogP contribution in [0.3, 0.4) is 0 Å². The number of rotatable bonds is 8. The van der Waals surface area contributed by atoms with Gasteiger partial charge in [-0.1, -0.05) is 50.2 Å². The maximum absolute atomic E-state index is 13.3. The van der Waals surface area contributed by atoms with Crippen LogP contribution in [-0.2, 0) is 20.9 Å². The van der Waals surface area contributed by atoms with Crippen LogP contribution >= 0.6 is 0 Å². The molecule has 3 rings (SSSR count). The second kappa shape index (κ2) is 11.4. The zero-order chi connectivity index (χ0) is 22.9. The standard InChI is InChI=1S/C25H32N4O3/c1-18(2)15-22(30)28-23(20-8-4-3-5-9-20)25(32)29-13-10-21(11-14-29)24(31)27-17-19-7-6-12-26-16-19/h3-9,12,16,18,21,23H,10-11,13-15,17H2,1-2H3,(H,27,31)(H,28,30). The Labute approximate surface area is 189 Å². The highest BCUT2D eigenvalue weighted by Crippen LogP contribution is 2.23. The largest absolute Gasteiger partial charge is 0.352 e. The zero-order valence-corrected chi connectivity index (χ0v) is 18.8. The predicted molar refractivity (Wildman–Crippen MR) is 122 cm³/mol. The average Bonchev–Trinajstić information content (AvgIpc) is 2.81. The van der Waals surface area contributed by atoms with Gasteiger partial charge in [-0.3, -0.25) is 19.4 Å². The molecular formula is C25H32N4O3. The van der Waals surface area contributed by atoms with E-state index in [2.05, 4.69) is 15.6 Å². The summed E-state index contributed by atoms with van der Waals surface area (Å²) in [6.07, 6.45) is 5.01. The van der Waals surface area contributed by atoms with Gasteiger partial charge in [0, 0.05) is 44.4 Å². The fourth-order valence-electron chi connectivity index (χ4n) is 3.90. The smallest absolute Gasteiger partial charge is 0.249 e. The average molecular weight is 437 g/mol. The lowest BCUT2D eigenvalue weighted by Gasteiger charge is -2.34. The highest BCUT2D eigenvalue weighted by molar-refractivity contribution is 5.89. The maximum atomic E-state index is 13.3. The van der Waals surface area contributed by atoms with Crippen LogP contribution in [0.2, 0.25) is 0 Å². The Bertz CT molecular complexity index is 894. The second-order valence-corrected chi connectivity index (χ2v) is 8.69. The fraction of sp³-hybridized carbons (Fsp3) is 0.440. The molecule has 0 radical (unpaired) electrons. The quantitative estimate of drug-likeness (QED) is 0.666. The molecule has 0 aliphatic carbocycles. The van der Waals surface area contributed by atoms with E-state index in [4.69, 9.17) is 0 Å². The first-order chi connectivity index (χ1) is 15.4. The van der Waals surface area contributed by atoms with Crippen LogP contribution in [0, 0.1) is 11.8 Å². The third-order valence-electron chi connectivity index (χ3n) is 5.65. The van der Waals surface area contributed by atoms with Crippen LogP contribution in [0.5, 0.6) is 0 Å². The number of nitrogens with one attached hydrogen (secondary N) is 2. The van der Waals surface area contributed by atoms with Crippen molar-refractivity contribution in [3.05, 3.63) is 66.0 Å². The fourth-order valence-corrected chi connectivity index (χ4v) is 3.90. The molecule has 3 amide bonds. The lowest BCUT2D eigenvalue weighted by Crippen LogP contribution is -2.48. The minimum Gasteiger partial charge on any atom is -0.352 e. The normalized spacial score (nSPS) is 15.3. The first kappa shape index (κ1) is 23.4. The van der Waals surface area contributed by atoms with Crippen molar-refractivity contribution in [2.24, 2.45) is 11.8 Å². The zero-order valence-electron chi connectivity index (χ0n) is 18.8. The number of piperidine rings is 1. The number of carbonyl (C=O) groups is 3. The lowest BCUT2D eigenvalue weighted by atomic mass is 9.94. The van der Waals surface area contributed by atoms with Gasteiger partial charge in [0.25, 0.3) is 0 Å². The molecule has 1 unspecified atom stereocenters. The third-order valence-corrected chi connectivity index (χ3v) is 5.65. The van der Waals surface area contributed by atoms with Crippen molar-refractivity contribution >= 4 is 17.7 Å². The summed E-state index contributed by atoms with van der Waals surface area (Å²) in [6, 6.07) is 12.4. The summed E-state index contributed by atoms with van der Waals surface area (Å²) < 4.78 is 0. The molecule has 2 heterocycles. The molecule has 0 bridgehead atoms. The van der Waals surface area contributed by atoms with Crippen LogP contribution in [-0.4, -0.2) is 40.7 Å². The number of aromatic nitrogens is 1. The lowest BCUT2D eigenvalue weighted by molar-refractivity contribution is -0.139. The third kappa shape index (κ3) is 6.64. The Morgan fingerprint density at radius 2 is 1.78 bits per heavy atom. The molecule has 2 N–H and O–H groups in total. The Morgan fingerprint density at radius 3 is 2.41 bits per heavy atom. The number of carbonyl (C=O) groups excluding carboxylic acids is 3. The summed E-state index contributed by atoms with van der Waals surface area (Å²) in [5.74, 6) is -0.163. The van der Waals surface area contributed by atoms with Crippen LogP contribution < -0.4 is 10.6 Å². The van der Waals surface area contributed by atoms with Crippen molar-refractivity contribution in [1.29, 1.82) is 0 Å². The molecule has 1 aromatic carbocycles. The molecular weight excluding hydrogens is 404 g/mol. The predicted octanol–water partition coefficient (Wildman–Crippen LogP) is 2.84. The van der Waals surface area contributed by atoms with Gasteiger partial charge in [0.15, 0.2) is 0 Å². The number of pyridine rings is 1. The molecule has 2 aromatic rings. The minimum atomic E-state index is -0.710. The van der Waals surface area contributed by atoms with Crippen molar-refractivity contribution in [2.75, 3.05) is 13.1 Å². The molecule has 0 spiro atoms. The van der Waals surface area contributed by atoms with Gasteiger partial charge in [0.1, 0.15) is 6.04 Å². The van der Waals surface area contributed by atoms with Gasteiger partial charge in [-0.05, 0) is 36.0 Å². The molecule has 0 saturated carbocycles. The number of hydrogen-bond acceptors (Lipinski definition) is 4. The number of amides is 3. The molecule has 32 heavy (non-hydrogen) atoms. The van der Waals surface area contributed by atoms with E-state index in [0.717, 1.165) is 11.1 Å². The molecule has 1 aromatic heterocycles. The minimum absolute atomic E-state index is 0.00537. The van der Waals surface area contributed by atoms with E-state index in [0.29, 0.717) is 38.9 Å². The van der Waals surface area contributed by atoms with Gasteiger partial charge in [-0.15, -0.1) is 0 Å². The molecule has 1 aliphatic rings. The number of nitrogens with zero attached hydrogens (tertiary/aromatic N) is 2. The van der Waals surface area contributed by atoms with Gasteiger partial charge in [-0.25, -0.2) is 0 Å². The second-order valence-electron chi connectivity index (χ2n) is 8.69. The van der Waals surface area contributed by atoms with E-state index < -0.39 is 6.04 Å². The van der Waals surface area contributed by atoms with Gasteiger partial charge >= 0.3 is 0 Å². The SMILES string of the molecule is CC(C)CC(=O)NC(C(=O)N1CCC(C(=O)NCc2cccnc2)CC1)c1ccccc1. The number of likely N-dealkylation sites (tertiary alicyclic amines) is 1. The van der Waals surface area contributed by atoms with Crippen LogP contribution in [0.4, 0.5) is 0 Å². The Kier molecular flexibility index (Phi) is 8.36. The maximum Gasteiger partial charge on any atom is 0.249 e. The van der Waals surface area contributed by atoms with E-state index in [-0.39, 0.29) is 29.6 Å². The Balaban J connectivity index is 1.57. The molecule has 1 atom stereocenters. The van der Waals surface area contributed by atoms with Gasteiger partial charge in [-0.2, -0.15) is 0 Å². The van der Waals surface area contributed by atoms with Gasteiger partial charge in [0.2, 0.25) is 17.7 Å². The molecule has 7 heteroatoms. The highest BCUT2D eigenvalue weighted by atomic mass is 16.2. The molecule has 170 valence electrons. The van der Waals surface area contributed by atoms with E-state index in [1.807, 2.05) is 56.3 Å². The number of hydrogen-bond donors (Lipinski definition) is 2. The van der Waals surface area contributed by atoms with E-state index in [9.17, 15) is 14.4 Å². The van der Waals surface area contributed by atoms with Crippen molar-refractivity contribution in [3.8, 4) is 0 Å². The van der Waals surface area contributed by atoms with Crippen LogP contribution in [0.25, 0.3) is 0 Å². The van der Waals surface area contributed by atoms with Gasteiger partial charge < -0.3 is 15.5 Å². The summed E-state index contributed by atoms with van der Waals surface area (Å²) in [5.41, 5.74) is 1.72. The molecule has 1 saturated heterocycles. The Morgan fingerprint density at radius 1 is 1.06 bits per heavy atom. The van der Waals surface area contributed by atoms with E-state index in [1.54, 1.807) is 17.3 Å². The summed E-state index contributed by atoms with van der Waals surface area (Å²) >= 11 is 0. The van der Waals surface area contributed by atoms with Crippen molar-refractivity contribution in [3.63, 3.8) is 0 Å². The summed E-state index contributed by atoms with van der Waals surface area (Å²) in [6.45, 7) is 5.39. The van der Waals surface area contributed by atoms with Crippen molar-refractivity contribution < 1.29 is 14.4 Å². The molecule has 7 nitrogen and oxygen atoms in total. The monoisotopic (exact) mass is 436 g/mol. The number of benzene rings is 1.